The maximum absolute atomic E-state index is 12.1. The van der Waals surface area contributed by atoms with E-state index in [1.807, 2.05) is 0 Å². The molecule has 1 aliphatic heterocycles. The van der Waals surface area contributed by atoms with E-state index in [0.29, 0.717) is 13.1 Å². The van der Waals surface area contributed by atoms with Crippen molar-refractivity contribution in [2.45, 2.75) is 6.04 Å². The van der Waals surface area contributed by atoms with E-state index >= 15 is 0 Å². The first kappa shape index (κ1) is 11.6. The molecule has 2 aromatic rings. The first-order valence-electron chi connectivity index (χ1n) is 5.84. The number of carbonyl (C=O) groups excluding carboxylic acids is 1. The number of likely N-dealkylation sites (tertiary alicyclic amines) is 1. The Balaban J connectivity index is 1.70. The molecule has 1 amide bonds. The van der Waals surface area contributed by atoms with Gasteiger partial charge in [0.1, 0.15) is 11.7 Å². The number of rotatable bonds is 2. The summed E-state index contributed by atoms with van der Waals surface area (Å²) < 4.78 is 1.15. The normalized spacial score (nSPS) is 15.3. The van der Waals surface area contributed by atoms with Crippen LogP contribution in [0, 0.1) is 0 Å². The summed E-state index contributed by atoms with van der Waals surface area (Å²) in [6.45, 7) is 1.11. The van der Waals surface area contributed by atoms with Crippen molar-refractivity contribution in [3.05, 3.63) is 40.6 Å². The minimum absolute atomic E-state index is 0.117. The molecule has 3 heterocycles. The summed E-state index contributed by atoms with van der Waals surface area (Å²) in [5.41, 5.74) is 0.0350. The summed E-state index contributed by atoms with van der Waals surface area (Å²) in [6, 6.07) is 2.91. The van der Waals surface area contributed by atoms with Crippen molar-refractivity contribution in [2.75, 3.05) is 13.1 Å². The van der Waals surface area contributed by atoms with Crippen LogP contribution in [0.3, 0.4) is 0 Å². The van der Waals surface area contributed by atoms with E-state index in [-0.39, 0.29) is 23.2 Å². The molecule has 98 valence electrons. The van der Waals surface area contributed by atoms with Crippen LogP contribution in [0.2, 0.25) is 0 Å². The maximum Gasteiger partial charge on any atom is 0.274 e. The Morgan fingerprint density at radius 2 is 1.95 bits per heavy atom. The highest BCUT2D eigenvalue weighted by molar-refractivity contribution is 5.92. The van der Waals surface area contributed by atoms with E-state index in [2.05, 4.69) is 15.3 Å². The second kappa shape index (κ2) is 4.30. The number of amides is 1. The predicted molar refractivity (Wildman–Crippen MR) is 64.4 cm³/mol. The summed E-state index contributed by atoms with van der Waals surface area (Å²) in [4.78, 5) is 26.6. The van der Waals surface area contributed by atoms with Crippen molar-refractivity contribution in [1.29, 1.82) is 0 Å². The molecule has 8 nitrogen and oxygen atoms in total. The van der Waals surface area contributed by atoms with Crippen molar-refractivity contribution < 1.29 is 4.79 Å². The second-order valence-corrected chi connectivity index (χ2v) is 4.39. The van der Waals surface area contributed by atoms with Gasteiger partial charge in [-0.05, 0) is 6.07 Å². The lowest BCUT2D eigenvalue weighted by molar-refractivity contribution is 0.0468. The first-order valence-corrected chi connectivity index (χ1v) is 5.84. The number of hydrogen-bond donors (Lipinski definition) is 0. The van der Waals surface area contributed by atoms with Crippen LogP contribution in [-0.2, 0) is 7.05 Å². The van der Waals surface area contributed by atoms with Crippen molar-refractivity contribution in [1.82, 2.24) is 29.7 Å². The molecule has 3 rings (SSSR count). The molecular formula is C11H12N6O2. The lowest BCUT2D eigenvalue weighted by Gasteiger charge is -2.37. The Morgan fingerprint density at radius 1 is 1.26 bits per heavy atom. The van der Waals surface area contributed by atoms with Crippen LogP contribution in [0.5, 0.6) is 0 Å². The SMILES string of the molecule is Cn1nc(C(=O)N2CC(n3nccn3)C2)ccc1=O. The lowest BCUT2D eigenvalue weighted by atomic mass is 10.1. The monoisotopic (exact) mass is 260 g/mol. The fourth-order valence-electron chi connectivity index (χ4n) is 1.96. The molecule has 2 aromatic heterocycles. The molecule has 0 radical (unpaired) electrons. The number of hydrogen-bond acceptors (Lipinski definition) is 5. The zero-order valence-electron chi connectivity index (χ0n) is 10.3. The standard InChI is InChI=1S/C11H12N6O2/c1-15-10(18)3-2-9(14-15)11(19)16-6-8(7-16)17-12-4-5-13-17/h2-5,8H,6-7H2,1H3. The average Bonchev–Trinajstić information content (AvgIpc) is 2.84. The molecule has 0 bridgehead atoms. The zero-order chi connectivity index (χ0) is 13.4. The van der Waals surface area contributed by atoms with E-state index in [1.54, 1.807) is 22.1 Å². The third kappa shape index (κ3) is 2.01. The zero-order valence-corrected chi connectivity index (χ0v) is 10.3. The van der Waals surface area contributed by atoms with Gasteiger partial charge >= 0.3 is 0 Å². The van der Waals surface area contributed by atoms with Crippen molar-refractivity contribution in [2.24, 2.45) is 7.05 Å². The maximum atomic E-state index is 12.1. The van der Waals surface area contributed by atoms with Crippen molar-refractivity contribution in [3.63, 3.8) is 0 Å². The fraction of sp³-hybridized carbons (Fsp3) is 0.364. The molecular weight excluding hydrogens is 248 g/mol. The smallest absolute Gasteiger partial charge is 0.274 e. The molecule has 1 fully saturated rings. The highest BCUT2D eigenvalue weighted by Gasteiger charge is 2.34. The van der Waals surface area contributed by atoms with Gasteiger partial charge in [0.05, 0.1) is 12.4 Å². The number of aromatic nitrogens is 5. The van der Waals surface area contributed by atoms with E-state index in [9.17, 15) is 9.59 Å². The summed E-state index contributed by atoms with van der Waals surface area (Å²) in [5.74, 6) is -0.181. The van der Waals surface area contributed by atoms with Crippen molar-refractivity contribution >= 4 is 5.91 Å². The fourth-order valence-corrected chi connectivity index (χ4v) is 1.96. The summed E-state index contributed by atoms with van der Waals surface area (Å²) in [7, 11) is 1.52. The summed E-state index contributed by atoms with van der Waals surface area (Å²) in [6.07, 6.45) is 3.22. The van der Waals surface area contributed by atoms with Crippen LogP contribution in [-0.4, -0.2) is 48.7 Å². The average molecular weight is 260 g/mol. The quantitative estimate of drug-likeness (QED) is 0.696. The van der Waals surface area contributed by atoms with Crippen LogP contribution in [0.4, 0.5) is 0 Å². The summed E-state index contributed by atoms with van der Waals surface area (Å²) >= 11 is 0. The first-order chi connectivity index (χ1) is 9.15. The lowest BCUT2D eigenvalue weighted by Crippen LogP contribution is -2.51. The van der Waals surface area contributed by atoms with Gasteiger partial charge in [0.2, 0.25) is 0 Å². The van der Waals surface area contributed by atoms with Crippen molar-refractivity contribution in [3.8, 4) is 0 Å². The molecule has 0 unspecified atom stereocenters. The minimum Gasteiger partial charge on any atom is -0.333 e. The van der Waals surface area contributed by atoms with E-state index in [1.165, 1.54) is 19.2 Å². The van der Waals surface area contributed by atoms with Gasteiger partial charge in [-0.3, -0.25) is 9.59 Å². The molecule has 0 saturated carbocycles. The largest absolute Gasteiger partial charge is 0.333 e. The van der Waals surface area contributed by atoms with Gasteiger partial charge in [-0.2, -0.15) is 20.1 Å². The molecule has 0 aliphatic carbocycles. The molecule has 0 aromatic carbocycles. The number of aryl methyl sites for hydroxylation is 1. The highest BCUT2D eigenvalue weighted by atomic mass is 16.2. The Kier molecular flexibility index (Phi) is 2.62. The third-order valence-corrected chi connectivity index (χ3v) is 3.09. The van der Waals surface area contributed by atoms with E-state index < -0.39 is 0 Å². The molecule has 1 aliphatic rings. The molecule has 0 atom stereocenters. The highest BCUT2D eigenvalue weighted by Crippen LogP contribution is 2.20. The molecule has 1 saturated heterocycles. The predicted octanol–water partition coefficient (Wildman–Crippen LogP) is -0.931. The molecule has 0 spiro atoms. The van der Waals surface area contributed by atoms with Gasteiger partial charge in [-0.1, -0.05) is 0 Å². The van der Waals surface area contributed by atoms with Crippen LogP contribution in [0.15, 0.2) is 29.3 Å². The minimum atomic E-state index is -0.237. The third-order valence-electron chi connectivity index (χ3n) is 3.09. The van der Waals surface area contributed by atoms with Gasteiger partial charge in [0.25, 0.3) is 11.5 Å². The van der Waals surface area contributed by atoms with E-state index in [4.69, 9.17) is 0 Å². The Hall–Kier alpha value is -2.51. The number of nitrogens with zero attached hydrogens (tertiary/aromatic N) is 6. The molecule has 0 N–H and O–H groups in total. The van der Waals surface area contributed by atoms with Gasteiger partial charge < -0.3 is 4.90 Å². The molecule has 19 heavy (non-hydrogen) atoms. The van der Waals surface area contributed by atoms with Crippen LogP contribution < -0.4 is 5.56 Å². The van der Waals surface area contributed by atoms with Crippen LogP contribution in [0.25, 0.3) is 0 Å². The summed E-state index contributed by atoms with van der Waals surface area (Å²) in [5, 5.41) is 12.0. The Bertz CT molecular complexity index is 656. The van der Waals surface area contributed by atoms with E-state index in [0.717, 1.165) is 4.68 Å². The van der Waals surface area contributed by atoms with Gasteiger partial charge in [-0.25, -0.2) is 4.68 Å². The van der Waals surface area contributed by atoms with Gasteiger partial charge in [0, 0.05) is 26.2 Å². The van der Waals surface area contributed by atoms with Gasteiger partial charge in [0.15, 0.2) is 0 Å². The Labute approximate surface area is 108 Å². The van der Waals surface area contributed by atoms with Crippen LogP contribution in [0.1, 0.15) is 16.5 Å². The Morgan fingerprint density at radius 3 is 2.58 bits per heavy atom. The molecule has 8 heteroatoms. The topological polar surface area (TPSA) is 85.9 Å². The van der Waals surface area contributed by atoms with Crippen LogP contribution >= 0.6 is 0 Å². The number of carbonyl (C=O) groups is 1. The second-order valence-electron chi connectivity index (χ2n) is 4.39. The van der Waals surface area contributed by atoms with Gasteiger partial charge in [-0.15, -0.1) is 0 Å².